The lowest BCUT2D eigenvalue weighted by molar-refractivity contribution is 0.190. The van der Waals surface area contributed by atoms with Gasteiger partial charge in [0.1, 0.15) is 0 Å². The van der Waals surface area contributed by atoms with Crippen LogP contribution in [0.25, 0.3) is 0 Å². The summed E-state index contributed by atoms with van der Waals surface area (Å²) in [6, 6.07) is 4.66. The number of nitrogens with zero attached hydrogens (tertiary/aromatic N) is 2. The maximum atomic E-state index is 4.14. The average Bonchev–Trinajstić information content (AvgIpc) is 2.67. The van der Waals surface area contributed by atoms with E-state index in [1.54, 1.807) is 0 Å². The number of rotatable bonds is 2. The zero-order chi connectivity index (χ0) is 9.10. The summed E-state index contributed by atoms with van der Waals surface area (Å²) < 4.78 is 0. The van der Waals surface area contributed by atoms with E-state index in [0.717, 1.165) is 6.54 Å². The molecule has 1 aromatic heterocycles. The fraction of sp³-hybridized carbons (Fsp3) is 0.500. The Hall–Kier alpha value is -0.930. The van der Waals surface area contributed by atoms with Crippen LogP contribution >= 0.6 is 0 Å². The molecule has 0 aromatic carbocycles. The molecule has 70 valence electrons. The first-order valence-corrected chi connectivity index (χ1v) is 4.76. The van der Waals surface area contributed by atoms with Crippen molar-refractivity contribution in [1.29, 1.82) is 0 Å². The van der Waals surface area contributed by atoms with E-state index in [0.29, 0.717) is 6.04 Å². The van der Waals surface area contributed by atoms with Gasteiger partial charge in [0, 0.05) is 18.9 Å². The third-order valence-corrected chi connectivity index (χ3v) is 2.61. The second-order valence-electron chi connectivity index (χ2n) is 3.36. The number of nitrogens with one attached hydrogen (secondary N) is 1. The largest absolute Gasteiger partial charge is 0.264 e. The van der Waals surface area contributed by atoms with Gasteiger partial charge in [-0.05, 0) is 31.5 Å². The molecule has 0 radical (unpaired) electrons. The second-order valence-corrected chi connectivity index (χ2v) is 3.36. The van der Waals surface area contributed by atoms with Crippen molar-refractivity contribution in [2.45, 2.75) is 18.9 Å². The molecule has 1 N–H and O–H groups in total. The van der Waals surface area contributed by atoms with Crippen LogP contribution < -0.4 is 5.43 Å². The molecular formula is C10H15N3. The Morgan fingerprint density at radius 3 is 3.23 bits per heavy atom. The molecule has 1 aliphatic heterocycles. The molecule has 0 saturated carbocycles. The van der Waals surface area contributed by atoms with Crippen molar-refractivity contribution < 1.29 is 0 Å². The van der Waals surface area contributed by atoms with Gasteiger partial charge in [-0.3, -0.25) is 10.4 Å². The molecule has 1 aliphatic rings. The van der Waals surface area contributed by atoms with E-state index in [4.69, 9.17) is 0 Å². The lowest BCUT2D eigenvalue weighted by Gasteiger charge is -2.22. The molecule has 13 heavy (non-hydrogen) atoms. The number of pyridine rings is 1. The molecule has 2 rings (SSSR count). The zero-order valence-corrected chi connectivity index (χ0v) is 7.90. The van der Waals surface area contributed by atoms with Gasteiger partial charge in [0.05, 0.1) is 6.04 Å². The number of aromatic nitrogens is 1. The van der Waals surface area contributed by atoms with E-state index in [1.165, 1.54) is 18.4 Å². The number of hydrogen-bond donors (Lipinski definition) is 1. The molecule has 0 spiro atoms. The number of hydrogen-bond acceptors (Lipinski definition) is 3. The summed E-state index contributed by atoms with van der Waals surface area (Å²) in [5, 5.41) is 2.27. The third kappa shape index (κ3) is 1.71. The first-order valence-electron chi connectivity index (χ1n) is 4.76. The van der Waals surface area contributed by atoms with Crippen LogP contribution in [0.2, 0.25) is 0 Å². The van der Waals surface area contributed by atoms with Gasteiger partial charge in [-0.2, -0.15) is 0 Å². The van der Waals surface area contributed by atoms with Crippen LogP contribution in [-0.4, -0.2) is 23.6 Å². The van der Waals surface area contributed by atoms with E-state index >= 15 is 0 Å². The Balaban J connectivity index is 2.16. The van der Waals surface area contributed by atoms with Gasteiger partial charge >= 0.3 is 0 Å². The summed E-state index contributed by atoms with van der Waals surface area (Å²) in [6.07, 6.45) is 6.27. The highest BCUT2D eigenvalue weighted by molar-refractivity contribution is 5.14. The highest BCUT2D eigenvalue weighted by Gasteiger charge is 2.24. The molecule has 0 amide bonds. The summed E-state index contributed by atoms with van der Waals surface area (Å²) >= 11 is 0. The minimum absolute atomic E-state index is 0.513. The normalized spacial score (nSPS) is 23.6. The molecular weight excluding hydrogens is 162 g/mol. The first-order chi connectivity index (χ1) is 6.42. The van der Waals surface area contributed by atoms with E-state index in [9.17, 15) is 0 Å². The van der Waals surface area contributed by atoms with Gasteiger partial charge in [-0.25, -0.2) is 5.01 Å². The van der Waals surface area contributed by atoms with Gasteiger partial charge in [0.2, 0.25) is 0 Å². The van der Waals surface area contributed by atoms with E-state index in [2.05, 4.69) is 21.5 Å². The monoisotopic (exact) mass is 177 g/mol. The van der Waals surface area contributed by atoms with Gasteiger partial charge in [-0.15, -0.1) is 0 Å². The van der Waals surface area contributed by atoms with E-state index in [-0.39, 0.29) is 0 Å². The van der Waals surface area contributed by atoms with E-state index < -0.39 is 0 Å². The van der Waals surface area contributed by atoms with Crippen molar-refractivity contribution in [3.8, 4) is 0 Å². The standard InChI is InChI=1S/C10H15N3/c1-11-13-7-3-5-10(13)9-4-2-6-12-8-9/h2,4,6,8,10-11H,3,5,7H2,1H3. The topological polar surface area (TPSA) is 28.2 Å². The maximum Gasteiger partial charge on any atom is 0.0508 e. The van der Waals surface area contributed by atoms with Crippen LogP contribution in [0.5, 0.6) is 0 Å². The Morgan fingerprint density at radius 2 is 2.54 bits per heavy atom. The summed E-state index contributed by atoms with van der Waals surface area (Å²) in [6.45, 7) is 1.13. The summed E-state index contributed by atoms with van der Waals surface area (Å²) in [7, 11) is 1.98. The van der Waals surface area contributed by atoms with Gasteiger partial charge in [0.25, 0.3) is 0 Å². The Morgan fingerprint density at radius 1 is 1.62 bits per heavy atom. The lowest BCUT2D eigenvalue weighted by Crippen LogP contribution is -2.34. The van der Waals surface area contributed by atoms with Crippen molar-refractivity contribution in [1.82, 2.24) is 15.4 Å². The summed E-state index contributed by atoms with van der Waals surface area (Å²) in [4.78, 5) is 4.14. The molecule has 1 aromatic rings. The fourth-order valence-corrected chi connectivity index (χ4v) is 1.95. The Labute approximate surface area is 78.7 Å². The first kappa shape index (κ1) is 8.66. The fourth-order valence-electron chi connectivity index (χ4n) is 1.95. The molecule has 3 nitrogen and oxygen atoms in total. The van der Waals surface area contributed by atoms with Crippen LogP contribution in [-0.2, 0) is 0 Å². The maximum absolute atomic E-state index is 4.14. The molecule has 0 bridgehead atoms. The molecule has 1 atom stereocenters. The van der Waals surface area contributed by atoms with Crippen LogP contribution in [0.4, 0.5) is 0 Å². The zero-order valence-electron chi connectivity index (χ0n) is 7.90. The van der Waals surface area contributed by atoms with Crippen LogP contribution in [0, 0.1) is 0 Å². The highest BCUT2D eigenvalue weighted by Crippen LogP contribution is 2.28. The van der Waals surface area contributed by atoms with Gasteiger partial charge in [0.15, 0.2) is 0 Å². The molecule has 0 aliphatic carbocycles. The molecule has 1 unspecified atom stereocenters. The molecule has 1 saturated heterocycles. The second kappa shape index (κ2) is 3.85. The van der Waals surface area contributed by atoms with Crippen molar-refractivity contribution >= 4 is 0 Å². The van der Waals surface area contributed by atoms with Crippen LogP contribution in [0.1, 0.15) is 24.4 Å². The minimum atomic E-state index is 0.513. The Bertz CT molecular complexity index is 260. The van der Waals surface area contributed by atoms with Crippen LogP contribution in [0.15, 0.2) is 24.5 Å². The van der Waals surface area contributed by atoms with Crippen LogP contribution in [0.3, 0.4) is 0 Å². The van der Waals surface area contributed by atoms with Gasteiger partial charge < -0.3 is 0 Å². The highest BCUT2D eigenvalue weighted by atomic mass is 15.5. The van der Waals surface area contributed by atoms with Crippen molar-refractivity contribution in [3.05, 3.63) is 30.1 Å². The third-order valence-electron chi connectivity index (χ3n) is 2.61. The quantitative estimate of drug-likeness (QED) is 0.739. The summed E-state index contributed by atoms with van der Waals surface area (Å²) in [5.41, 5.74) is 4.53. The summed E-state index contributed by atoms with van der Waals surface area (Å²) in [5.74, 6) is 0. The molecule has 2 heterocycles. The van der Waals surface area contributed by atoms with Gasteiger partial charge in [-0.1, -0.05) is 6.07 Å². The number of hydrazine groups is 1. The molecule has 1 fully saturated rings. The predicted molar refractivity (Wildman–Crippen MR) is 52.0 cm³/mol. The van der Waals surface area contributed by atoms with Crippen molar-refractivity contribution in [2.24, 2.45) is 0 Å². The van der Waals surface area contributed by atoms with Crippen molar-refractivity contribution in [2.75, 3.05) is 13.6 Å². The Kier molecular flexibility index (Phi) is 2.57. The smallest absolute Gasteiger partial charge is 0.0508 e. The SMILES string of the molecule is CNN1CCCC1c1cccnc1. The predicted octanol–water partition coefficient (Wildman–Crippen LogP) is 1.35. The average molecular weight is 177 g/mol. The van der Waals surface area contributed by atoms with E-state index in [1.807, 2.05) is 25.5 Å². The minimum Gasteiger partial charge on any atom is -0.264 e. The molecule has 3 heteroatoms. The van der Waals surface area contributed by atoms with Crippen molar-refractivity contribution in [3.63, 3.8) is 0 Å². The lowest BCUT2D eigenvalue weighted by atomic mass is 10.1.